The van der Waals surface area contributed by atoms with Crippen molar-refractivity contribution < 1.29 is 8.94 Å². The summed E-state index contributed by atoms with van der Waals surface area (Å²) in [4.78, 5) is 1.74. The number of para-hydroxylation sites is 1. The van der Waals surface area contributed by atoms with Gasteiger partial charge < -0.3 is 0 Å². The molecule has 1 unspecified atom stereocenters. The van der Waals surface area contributed by atoms with Crippen molar-refractivity contribution in [2.45, 2.75) is 0 Å². The van der Waals surface area contributed by atoms with E-state index in [-0.39, 0.29) is 6.73 Å². The molecule has 1 aromatic carbocycles. The number of aliphatic hydroxyl groups excluding tert-OH is 1. The predicted octanol–water partition coefficient (Wildman–Crippen LogP) is -0.375. The molecule has 0 fully saturated rings. The van der Waals surface area contributed by atoms with Crippen molar-refractivity contribution in [3.05, 3.63) is 24.3 Å². The molecule has 0 bridgehead atoms. The third-order valence-corrected chi connectivity index (χ3v) is 4.79. The molecule has 12 heavy (non-hydrogen) atoms. The summed E-state index contributed by atoms with van der Waals surface area (Å²) in [5.74, 6) is 0. The zero-order chi connectivity index (χ0) is 8.55. The minimum atomic E-state index is -1.88. The summed E-state index contributed by atoms with van der Waals surface area (Å²) >= 11 is -1.88. The molecule has 0 spiro atoms. The molecule has 0 aromatic heterocycles. The van der Waals surface area contributed by atoms with Gasteiger partial charge in [-0.2, -0.15) is 0 Å². The molecule has 0 radical (unpaired) electrons. The van der Waals surface area contributed by atoms with Gasteiger partial charge in [-0.25, -0.2) is 0 Å². The SMILES string of the molecule is O=[Se]1CN(CO)c2ccccc21. The number of nitrogens with zero attached hydrogens (tertiary/aromatic N) is 1. The van der Waals surface area contributed by atoms with Crippen LogP contribution in [0.15, 0.2) is 24.3 Å². The fraction of sp³-hybridized carbons (Fsp3) is 0.250. The molecule has 0 amide bonds. The van der Waals surface area contributed by atoms with Gasteiger partial charge in [-0.1, -0.05) is 0 Å². The van der Waals surface area contributed by atoms with E-state index in [0.29, 0.717) is 5.44 Å². The average Bonchev–Trinajstić information content (AvgIpc) is 2.44. The van der Waals surface area contributed by atoms with Crippen LogP contribution in [0.25, 0.3) is 0 Å². The van der Waals surface area contributed by atoms with E-state index in [1.807, 2.05) is 24.3 Å². The maximum absolute atomic E-state index is 11.5. The summed E-state index contributed by atoms with van der Waals surface area (Å²) in [6.45, 7) is -0.0424. The molecule has 1 aliphatic heterocycles. The average molecular weight is 230 g/mol. The molecule has 0 saturated heterocycles. The van der Waals surface area contributed by atoms with Crippen molar-refractivity contribution in [1.82, 2.24) is 0 Å². The monoisotopic (exact) mass is 231 g/mol. The van der Waals surface area contributed by atoms with Crippen molar-refractivity contribution in [3.63, 3.8) is 0 Å². The molecular formula is C8H9NO2Se. The molecule has 0 aliphatic carbocycles. The van der Waals surface area contributed by atoms with Gasteiger partial charge in [-0.15, -0.1) is 0 Å². The van der Waals surface area contributed by atoms with Crippen LogP contribution in [0.2, 0.25) is 0 Å². The van der Waals surface area contributed by atoms with Gasteiger partial charge >= 0.3 is 74.3 Å². The van der Waals surface area contributed by atoms with Crippen LogP contribution in [-0.2, 0) is 3.83 Å². The van der Waals surface area contributed by atoms with Crippen molar-refractivity contribution in [3.8, 4) is 0 Å². The van der Waals surface area contributed by atoms with Crippen molar-refractivity contribution in [2.75, 3.05) is 17.1 Å². The first kappa shape index (κ1) is 7.92. The van der Waals surface area contributed by atoms with E-state index in [9.17, 15) is 3.83 Å². The van der Waals surface area contributed by atoms with Gasteiger partial charge in [-0.05, 0) is 0 Å². The molecule has 4 heteroatoms. The molecule has 2 rings (SSSR count). The number of benzene rings is 1. The Labute approximate surface area is 74.7 Å². The van der Waals surface area contributed by atoms with Crippen LogP contribution in [0.3, 0.4) is 0 Å². The number of anilines is 1. The minimum absolute atomic E-state index is 0.0424. The van der Waals surface area contributed by atoms with Crippen molar-refractivity contribution in [2.24, 2.45) is 0 Å². The number of rotatable bonds is 1. The van der Waals surface area contributed by atoms with Gasteiger partial charge in [0.2, 0.25) is 0 Å². The Hall–Kier alpha value is -0.701. The van der Waals surface area contributed by atoms with E-state index in [2.05, 4.69) is 0 Å². The molecule has 3 nitrogen and oxygen atoms in total. The molecule has 1 heterocycles. The van der Waals surface area contributed by atoms with E-state index >= 15 is 0 Å². The van der Waals surface area contributed by atoms with Crippen LogP contribution in [0, 0.1) is 0 Å². The Kier molecular flexibility index (Phi) is 1.97. The summed E-state index contributed by atoms with van der Waals surface area (Å²) in [5, 5.41) is 8.94. The Morgan fingerprint density at radius 3 is 3.00 bits per heavy atom. The van der Waals surface area contributed by atoms with E-state index in [1.165, 1.54) is 0 Å². The summed E-state index contributed by atoms with van der Waals surface area (Å²) < 4.78 is 12.4. The Balaban J connectivity index is 2.50. The second kappa shape index (κ2) is 2.98. The number of hydrogen-bond donors (Lipinski definition) is 1. The maximum atomic E-state index is 11.5. The van der Waals surface area contributed by atoms with E-state index < -0.39 is 13.8 Å². The molecule has 0 saturated carbocycles. The van der Waals surface area contributed by atoms with Crippen LogP contribution in [0.5, 0.6) is 0 Å². The molecule has 1 aliphatic rings. The van der Waals surface area contributed by atoms with E-state index in [0.717, 1.165) is 10.1 Å². The van der Waals surface area contributed by atoms with E-state index in [1.54, 1.807) is 4.90 Å². The third-order valence-electron chi connectivity index (χ3n) is 1.90. The topological polar surface area (TPSA) is 40.5 Å². The van der Waals surface area contributed by atoms with Crippen molar-refractivity contribution in [1.29, 1.82) is 0 Å². The zero-order valence-corrected chi connectivity index (χ0v) is 8.15. The first-order valence-corrected chi connectivity index (χ1v) is 6.43. The molecule has 64 valence electrons. The first-order chi connectivity index (χ1) is 5.83. The fourth-order valence-electron chi connectivity index (χ4n) is 1.31. The Bertz CT molecular complexity index is 327. The number of fused-ring (bicyclic) bond motifs is 1. The zero-order valence-electron chi connectivity index (χ0n) is 6.43. The standard InChI is InChI=1S/C8H9NO2Se/c10-5-9-6-12(11)8-4-2-1-3-7(8)9/h1-4,10H,5-6H2. The second-order valence-electron chi connectivity index (χ2n) is 2.62. The number of aliphatic hydroxyl groups is 1. The Morgan fingerprint density at radius 2 is 2.25 bits per heavy atom. The summed E-state index contributed by atoms with van der Waals surface area (Å²) in [5.41, 5.74) is 1.44. The van der Waals surface area contributed by atoms with Crippen LogP contribution < -0.4 is 9.36 Å². The van der Waals surface area contributed by atoms with Gasteiger partial charge in [-0.3, -0.25) is 0 Å². The summed E-state index contributed by atoms with van der Waals surface area (Å²) in [7, 11) is 0. The van der Waals surface area contributed by atoms with Crippen LogP contribution in [0.4, 0.5) is 5.69 Å². The third kappa shape index (κ3) is 1.08. The van der Waals surface area contributed by atoms with Crippen LogP contribution >= 0.6 is 0 Å². The second-order valence-corrected chi connectivity index (χ2v) is 5.54. The van der Waals surface area contributed by atoms with Gasteiger partial charge in [0.1, 0.15) is 0 Å². The summed E-state index contributed by atoms with van der Waals surface area (Å²) in [6.07, 6.45) is 0. The molecule has 1 aromatic rings. The van der Waals surface area contributed by atoms with Crippen LogP contribution in [-0.4, -0.2) is 31.1 Å². The molecule has 1 atom stereocenters. The first-order valence-electron chi connectivity index (χ1n) is 3.66. The molecular weight excluding hydrogens is 221 g/mol. The normalized spacial score (nSPS) is 21.1. The number of hydrogen-bond acceptors (Lipinski definition) is 3. The summed E-state index contributed by atoms with van der Waals surface area (Å²) in [6, 6.07) is 7.55. The van der Waals surface area contributed by atoms with Gasteiger partial charge in [0.15, 0.2) is 0 Å². The fourth-order valence-corrected chi connectivity index (χ4v) is 4.04. The van der Waals surface area contributed by atoms with Gasteiger partial charge in [0.25, 0.3) is 0 Å². The van der Waals surface area contributed by atoms with Crippen LogP contribution in [0.1, 0.15) is 0 Å². The van der Waals surface area contributed by atoms with E-state index in [4.69, 9.17) is 5.11 Å². The van der Waals surface area contributed by atoms with Gasteiger partial charge in [0.05, 0.1) is 0 Å². The quantitative estimate of drug-likeness (QED) is 0.669. The predicted molar refractivity (Wildman–Crippen MR) is 46.9 cm³/mol. The van der Waals surface area contributed by atoms with Gasteiger partial charge in [0, 0.05) is 0 Å². The Morgan fingerprint density at radius 1 is 1.50 bits per heavy atom. The molecule has 1 N–H and O–H groups in total. The van der Waals surface area contributed by atoms with Crippen molar-refractivity contribution >= 4 is 24.0 Å².